The Morgan fingerprint density at radius 2 is 2.13 bits per heavy atom. The number of hydrazone groups is 1. The Labute approximate surface area is 183 Å². The van der Waals surface area contributed by atoms with E-state index in [1.807, 2.05) is 36.6 Å². The zero-order valence-corrected chi connectivity index (χ0v) is 17.9. The summed E-state index contributed by atoms with van der Waals surface area (Å²) in [4.78, 5) is 12.4. The van der Waals surface area contributed by atoms with Crippen LogP contribution in [-0.4, -0.2) is 29.9 Å². The molecule has 1 amide bonds. The van der Waals surface area contributed by atoms with Crippen molar-refractivity contribution in [3.05, 3.63) is 70.3 Å². The Balaban J connectivity index is 1.58. The van der Waals surface area contributed by atoms with Gasteiger partial charge in [-0.1, -0.05) is 23.2 Å². The number of halogens is 2. The molecule has 0 aliphatic heterocycles. The highest BCUT2D eigenvalue weighted by Gasteiger charge is 2.16. The van der Waals surface area contributed by atoms with E-state index in [1.165, 1.54) is 18.3 Å². The average molecular weight is 442 g/mol. The Morgan fingerprint density at radius 3 is 2.94 bits per heavy atom. The van der Waals surface area contributed by atoms with Gasteiger partial charge in [-0.15, -0.1) is 0 Å². The van der Waals surface area contributed by atoms with Gasteiger partial charge < -0.3 is 13.7 Å². The second-order valence-electron chi connectivity index (χ2n) is 7.07. The van der Waals surface area contributed by atoms with Crippen molar-refractivity contribution in [3.63, 3.8) is 0 Å². The molecule has 0 atom stereocenters. The molecule has 0 unspecified atom stereocenters. The number of nitrogens with one attached hydrogen (secondary N) is 1. The van der Waals surface area contributed by atoms with Crippen LogP contribution in [0, 0.1) is 12.7 Å². The van der Waals surface area contributed by atoms with Crippen LogP contribution in [0.2, 0.25) is 5.15 Å². The molecule has 4 aromatic rings. The maximum Gasteiger partial charge on any atom is 0.307 e. The highest BCUT2D eigenvalue weighted by molar-refractivity contribution is 6.34. The van der Waals surface area contributed by atoms with E-state index in [0.29, 0.717) is 41.4 Å². The van der Waals surface area contributed by atoms with Crippen LogP contribution in [0.5, 0.6) is 0 Å². The van der Waals surface area contributed by atoms with Gasteiger partial charge in [0.05, 0.1) is 18.3 Å². The molecule has 1 N–H and O–H groups in total. The van der Waals surface area contributed by atoms with Crippen molar-refractivity contribution in [2.45, 2.75) is 20.4 Å². The van der Waals surface area contributed by atoms with Gasteiger partial charge in [0.15, 0.2) is 5.76 Å². The van der Waals surface area contributed by atoms with Crippen molar-refractivity contribution in [2.75, 3.05) is 13.2 Å². The number of aromatic nitrogens is 1. The van der Waals surface area contributed by atoms with Gasteiger partial charge in [-0.25, -0.2) is 9.82 Å². The number of ether oxygens (including phenoxy) is 1. The van der Waals surface area contributed by atoms with Gasteiger partial charge in [0.1, 0.15) is 16.6 Å². The minimum Gasteiger partial charge on any atom is -0.451 e. The summed E-state index contributed by atoms with van der Waals surface area (Å²) < 4.78 is 26.7. The number of rotatable bonds is 7. The molecule has 4 rings (SSSR count). The summed E-state index contributed by atoms with van der Waals surface area (Å²) in [6, 6.07) is 11.8. The lowest BCUT2D eigenvalue weighted by atomic mass is 10.2. The van der Waals surface area contributed by atoms with Crippen molar-refractivity contribution >= 4 is 45.6 Å². The lowest BCUT2D eigenvalue weighted by Crippen LogP contribution is -2.16. The van der Waals surface area contributed by atoms with E-state index < -0.39 is 5.91 Å². The second kappa shape index (κ2) is 8.91. The molecule has 160 valence electrons. The van der Waals surface area contributed by atoms with Crippen LogP contribution >= 0.6 is 11.6 Å². The van der Waals surface area contributed by atoms with Crippen LogP contribution in [0.15, 0.2) is 52.0 Å². The zero-order chi connectivity index (χ0) is 22.0. The minimum atomic E-state index is -0.493. The van der Waals surface area contributed by atoms with E-state index >= 15 is 0 Å². The quantitative estimate of drug-likeness (QED) is 0.241. The third kappa shape index (κ3) is 4.33. The van der Waals surface area contributed by atoms with Crippen molar-refractivity contribution in [2.24, 2.45) is 5.10 Å². The first-order valence-corrected chi connectivity index (χ1v) is 10.2. The molecule has 2 aromatic carbocycles. The molecule has 0 radical (unpaired) electrons. The van der Waals surface area contributed by atoms with E-state index in [2.05, 4.69) is 10.5 Å². The first kappa shape index (κ1) is 21.1. The topological polar surface area (TPSA) is 68.8 Å². The fourth-order valence-corrected chi connectivity index (χ4v) is 3.77. The summed E-state index contributed by atoms with van der Waals surface area (Å²) in [5.41, 5.74) is 5.40. The van der Waals surface area contributed by atoms with Gasteiger partial charge in [0.2, 0.25) is 0 Å². The van der Waals surface area contributed by atoms with Crippen molar-refractivity contribution in [3.8, 4) is 0 Å². The number of amides is 1. The molecule has 0 saturated carbocycles. The number of nitrogens with zero attached hydrogens (tertiary/aromatic N) is 2. The number of carbonyl (C=O) groups excluding carboxylic acids is 1. The highest BCUT2D eigenvalue weighted by Crippen LogP contribution is 2.29. The van der Waals surface area contributed by atoms with E-state index in [9.17, 15) is 9.18 Å². The molecule has 0 aliphatic rings. The van der Waals surface area contributed by atoms with E-state index in [1.54, 1.807) is 12.1 Å². The lowest BCUT2D eigenvalue weighted by Gasteiger charge is -2.07. The summed E-state index contributed by atoms with van der Waals surface area (Å²) in [7, 11) is 0. The SMILES string of the molecule is CCOCCn1c(Cl)c(C=NNC(=O)c2cc3cc(C)ccc3o2)c2cc(F)ccc21. The van der Waals surface area contributed by atoms with Crippen LogP contribution < -0.4 is 5.43 Å². The number of furan rings is 1. The summed E-state index contributed by atoms with van der Waals surface area (Å²) in [6.07, 6.45) is 1.41. The number of hydrogen-bond acceptors (Lipinski definition) is 4. The summed E-state index contributed by atoms with van der Waals surface area (Å²) in [5, 5.41) is 5.84. The van der Waals surface area contributed by atoms with Crippen LogP contribution in [-0.2, 0) is 11.3 Å². The number of fused-ring (bicyclic) bond motifs is 2. The van der Waals surface area contributed by atoms with Gasteiger partial charge in [-0.05, 0) is 50.2 Å². The Kier molecular flexibility index (Phi) is 6.06. The maximum absolute atomic E-state index is 13.9. The van der Waals surface area contributed by atoms with Gasteiger partial charge in [-0.3, -0.25) is 4.79 Å². The van der Waals surface area contributed by atoms with Gasteiger partial charge in [-0.2, -0.15) is 5.10 Å². The molecule has 2 heterocycles. The molecule has 31 heavy (non-hydrogen) atoms. The van der Waals surface area contributed by atoms with E-state index in [-0.39, 0.29) is 11.6 Å². The molecule has 0 aliphatic carbocycles. The number of hydrogen-bond donors (Lipinski definition) is 1. The van der Waals surface area contributed by atoms with Gasteiger partial charge in [0, 0.05) is 29.5 Å². The molecule has 2 aromatic heterocycles. The molecule has 0 bridgehead atoms. The Morgan fingerprint density at radius 1 is 1.29 bits per heavy atom. The third-order valence-electron chi connectivity index (χ3n) is 4.92. The van der Waals surface area contributed by atoms with E-state index in [0.717, 1.165) is 16.5 Å². The Bertz CT molecular complexity index is 1290. The summed E-state index contributed by atoms with van der Waals surface area (Å²) in [5.74, 6) is -0.732. The van der Waals surface area contributed by atoms with Crippen molar-refractivity contribution in [1.82, 2.24) is 9.99 Å². The molecule has 6 nitrogen and oxygen atoms in total. The predicted molar refractivity (Wildman–Crippen MR) is 119 cm³/mol. The number of carbonyl (C=O) groups is 1. The molecule has 8 heteroatoms. The largest absolute Gasteiger partial charge is 0.451 e. The monoisotopic (exact) mass is 441 g/mol. The molecule has 0 fully saturated rings. The predicted octanol–water partition coefficient (Wildman–Crippen LogP) is 5.29. The fraction of sp³-hybridized carbons (Fsp3) is 0.217. The van der Waals surface area contributed by atoms with Crippen LogP contribution in [0.4, 0.5) is 4.39 Å². The number of aryl methyl sites for hydroxylation is 1. The van der Waals surface area contributed by atoms with Gasteiger partial charge >= 0.3 is 5.91 Å². The third-order valence-corrected chi connectivity index (χ3v) is 5.33. The molecular weight excluding hydrogens is 421 g/mol. The molecule has 0 saturated heterocycles. The average Bonchev–Trinajstić information content (AvgIpc) is 3.27. The fourth-order valence-electron chi connectivity index (χ4n) is 3.45. The van der Waals surface area contributed by atoms with E-state index in [4.69, 9.17) is 20.8 Å². The zero-order valence-electron chi connectivity index (χ0n) is 17.1. The summed E-state index contributed by atoms with van der Waals surface area (Å²) in [6.45, 7) is 5.44. The highest BCUT2D eigenvalue weighted by atomic mass is 35.5. The standard InChI is InChI=1S/C23H21ClFN3O3/c1-3-30-9-8-28-19-6-5-16(25)12-17(19)18(22(28)24)13-26-27-23(29)21-11-15-10-14(2)4-7-20(15)31-21/h4-7,10-13H,3,8-9H2,1-2H3,(H,27,29). The Hall–Kier alpha value is -3.16. The van der Waals surface area contributed by atoms with Crippen LogP contribution in [0.1, 0.15) is 28.6 Å². The lowest BCUT2D eigenvalue weighted by molar-refractivity contribution is 0.0929. The van der Waals surface area contributed by atoms with Crippen LogP contribution in [0.3, 0.4) is 0 Å². The van der Waals surface area contributed by atoms with Crippen molar-refractivity contribution < 1.29 is 18.3 Å². The van der Waals surface area contributed by atoms with Crippen LogP contribution in [0.25, 0.3) is 21.9 Å². The van der Waals surface area contributed by atoms with Gasteiger partial charge in [0.25, 0.3) is 0 Å². The smallest absolute Gasteiger partial charge is 0.307 e. The normalized spacial score (nSPS) is 11.7. The second-order valence-corrected chi connectivity index (χ2v) is 7.42. The summed E-state index contributed by atoms with van der Waals surface area (Å²) >= 11 is 6.55. The molecule has 0 spiro atoms. The van der Waals surface area contributed by atoms with Crippen molar-refractivity contribution in [1.29, 1.82) is 0 Å². The maximum atomic E-state index is 13.9. The molecular formula is C23H21ClFN3O3. The first-order chi connectivity index (χ1) is 15.0. The number of benzene rings is 2. The first-order valence-electron chi connectivity index (χ1n) is 9.86. The minimum absolute atomic E-state index is 0.147.